The van der Waals surface area contributed by atoms with Crippen molar-refractivity contribution in [1.29, 1.82) is 0 Å². The minimum Gasteiger partial charge on any atom is -0.481 e. The Balaban J connectivity index is 2.40. The predicted octanol–water partition coefficient (Wildman–Crippen LogP) is 3.23. The van der Waals surface area contributed by atoms with Crippen LogP contribution in [0.4, 0.5) is 8.78 Å². The molecule has 0 aliphatic heterocycles. The van der Waals surface area contributed by atoms with Crippen LogP contribution in [0.15, 0.2) is 36.4 Å². The number of nitrogens with zero attached hydrogens (tertiary/aromatic N) is 1. The van der Waals surface area contributed by atoms with E-state index in [9.17, 15) is 18.4 Å². The molecule has 1 unspecified atom stereocenters. The van der Waals surface area contributed by atoms with Gasteiger partial charge in [-0.1, -0.05) is 31.2 Å². The van der Waals surface area contributed by atoms with Gasteiger partial charge in [0.05, 0.1) is 11.5 Å². The number of halogens is 2. The average molecular weight is 337 g/mol. The van der Waals surface area contributed by atoms with Gasteiger partial charge in [0.2, 0.25) is 0 Å². The number of carboxylic acid groups (broad SMARTS) is 1. The SMILES string of the molecule is CC(CN(C)C(=O)c1cc2ccccc2cc1OC(F)F)C(=O)O. The summed E-state index contributed by atoms with van der Waals surface area (Å²) < 4.78 is 29.8. The van der Waals surface area contributed by atoms with E-state index >= 15 is 0 Å². The number of carbonyl (C=O) groups excluding carboxylic acids is 1. The van der Waals surface area contributed by atoms with Crippen molar-refractivity contribution in [1.82, 2.24) is 4.90 Å². The number of hydrogen-bond donors (Lipinski definition) is 1. The third-order valence-corrected chi connectivity index (χ3v) is 3.61. The van der Waals surface area contributed by atoms with Gasteiger partial charge in [0.1, 0.15) is 5.75 Å². The molecule has 0 aliphatic carbocycles. The Morgan fingerprint density at radius 2 is 1.79 bits per heavy atom. The van der Waals surface area contributed by atoms with Gasteiger partial charge in [0.15, 0.2) is 0 Å². The van der Waals surface area contributed by atoms with Gasteiger partial charge in [-0.3, -0.25) is 9.59 Å². The van der Waals surface area contributed by atoms with Gasteiger partial charge in [-0.25, -0.2) is 0 Å². The summed E-state index contributed by atoms with van der Waals surface area (Å²) in [5.41, 5.74) is -0.0333. The zero-order chi connectivity index (χ0) is 17.9. The first-order valence-electron chi connectivity index (χ1n) is 7.25. The first-order chi connectivity index (χ1) is 11.3. The Kier molecular flexibility index (Phi) is 5.33. The van der Waals surface area contributed by atoms with Crippen molar-refractivity contribution < 1.29 is 28.2 Å². The lowest BCUT2D eigenvalue weighted by molar-refractivity contribution is -0.141. The van der Waals surface area contributed by atoms with E-state index in [4.69, 9.17) is 5.11 Å². The van der Waals surface area contributed by atoms with E-state index in [0.717, 1.165) is 0 Å². The summed E-state index contributed by atoms with van der Waals surface area (Å²) in [7, 11) is 1.42. The summed E-state index contributed by atoms with van der Waals surface area (Å²) in [6, 6.07) is 9.83. The number of carboxylic acids is 1. The van der Waals surface area contributed by atoms with Crippen molar-refractivity contribution in [3.05, 3.63) is 42.0 Å². The second kappa shape index (κ2) is 7.25. The van der Waals surface area contributed by atoms with E-state index in [1.165, 1.54) is 31.0 Å². The standard InChI is InChI=1S/C17H17F2NO4/c1-10(16(22)23)9-20(2)15(21)13-7-11-5-3-4-6-12(11)8-14(13)24-17(18)19/h3-8,10,17H,9H2,1-2H3,(H,22,23). The predicted molar refractivity (Wildman–Crippen MR) is 84.3 cm³/mol. The molecular formula is C17H17F2NO4. The summed E-state index contributed by atoms with van der Waals surface area (Å²) >= 11 is 0. The zero-order valence-electron chi connectivity index (χ0n) is 13.2. The molecule has 5 nitrogen and oxygen atoms in total. The van der Waals surface area contributed by atoms with Gasteiger partial charge in [-0.15, -0.1) is 0 Å². The smallest absolute Gasteiger partial charge is 0.387 e. The molecule has 0 saturated carbocycles. The molecule has 0 fully saturated rings. The van der Waals surface area contributed by atoms with Crippen LogP contribution in [0.5, 0.6) is 5.75 Å². The van der Waals surface area contributed by atoms with Crippen molar-refractivity contribution in [3.63, 3.8) is 0 Å². The zero-order valence-corrected chi connectivity index (χ0v) is 13.2. The van der Waals surface area contributed by atoms with E-state index in [-0.39, 0.29) is 17.9 Å². The third kappa shape index (κ3) is 3.98. The molecule has 1 atom stereocenters. The normalized spacial score (nSPS) is 12.2. The summed E-state index contributed by atoms with van der Waals surface area (Å²) in [6.45, 7) is -1.65. The Morgan fingerprint density at radius 3 is 2.33 bits per heavy atom. The van der Waals surface area contributed by atoms with Crippen LogP contribution in [0.1, 0.15) is 17.3 Å². The van der Waals surface area contributed by atoms with Crippen LogP contribution in [-0.4, -0.2) is 42.1 Å². The topological polar surface area (TPSA) is 66.8 Å². The third-order valence-electron chi connectivity index (χ3n) is 3.61. The Hall–Kier alpha value is -2.70. The second-order valence-corrected chi connectivity index (χ2v) is 5.50. The van der Waals surface area contributed by atoms with Crippen molar-refractivity contribution >= 4 is 22.6 Å². The van der Waals surface area contributed by atoms with Gasteiger partial charge in [0.25, 0.3) is 5.91 Å². The number of rotatable bonds is 6. The fourth-order valence-electron chi connectivity index (χ4n) is 2.36. The summed E-state index contributed by atoms with van der Waals surface area (Å²) in [5.74, 6) is -2.64. The van der Waals surface area contributed by atoms with Crippen LogP contribution in [0.25, 0.3) is 10.8 Å². The quantitative estimate of drug-likeness (QED) is 0.879. The van der Waals surface area contributed by atoms with Crippen molar-refractivity contribution in [2.24, 2.45) is 5.92 Å². The van der Waals surface area contributed by atoms with Crippen molar-refractivity contribution in [2.45, 2.75) is 13.5 Å². The van der Waals surface area contributed by atoms with E-state index in [1.54, 1.807) is 24.3 Å². The first kappa shape index (κ1) is 17.7. The highest BCUT2D eigenvalue weighted by molar-refractivity contribution is 6.01. The molecule has 0 radical (unpaired) electrons. The molecule has 0 spiro atoms. The fraction of sp³-hybridized carbons (Fsp3) is 0.294. The lowest BCUT2D eigenvalue weighted by Gasteiger charge is -2.21. The van der Waals surface area contributed by atoms with E-state index in [0.29, 0.717) is 10.8 Å². The maximum Gasteiger partial charge on any atom is 0.387 e. The number of hydrogen-bond acceptors (Lipinski definition) is 3. The molecule has 0 heterocycles. The number of amides is 1. The highest BCUT2D eigenvalue weighted by Crippen LogP contribution is 2.28. The van der Waals surface area contributed by atoms with Crippen LogP contribution in [0.3, 0.4) is 0 Å². The number of benzene rings is 2. The highest BCUT2D eigenvalue weighted by Gasteiger charge is 2.23. The maximum atomic E-state index is 12.7. The molecule has 128 valence electrons. The molecule has 0 aromatic heterocycles. The lowest BCUT2D eigenvalue weighted by Crippen LogP contribution is -2.34. The number of aliphatic carboxylic acids is 1. The minimum atomic E-state index is -3.07. The molecule has 2 aromatic rings. The fourth-order valence-corrected chi connectivity index (χ4v) is 2.36. The van der Waals surface area contributed by atoms with Crippen LogP contribution < -0.4 is 4.74 Å². The maximum absolute atomic E-state index is 12.7. The molecule has 0 aliphatic rings. The molecule has 0 bridgehead atoms. The molecule has 1 amide bonds. The monoisotopic (exact) mass is 337 g/mol. The highest BCUT2D eigenvalue weighted by atomic mass is 19.3. The number of alkyl halides is 2. The van der Waals surface area contributed by atoms with Gasteiger partial charge >= 0.3 is 12.6 Å². The Morgan fingerprint density at radius 1 is 1.21 bits per heavy atom. The Labute approximate surface area is 137 Å². The Bertz CT molecular complexity index is 763. The first-order valence-corrected chi connectivity index (χ1v) is 7.25. The number of carbonyl (C=O) groups is 2. The molecule has 0 saturated heterocycles. The van der Waals surface area contributed by atoms with E-state index in [2.05, 4.69) is 4.74 Å². The molecule has 2 aromatic carbocycles. The number of fused-ring (bicyclic) bond motifs is 1. The molecule has 24 heavy (non-hydrogen) atoms. The van der Waals surface area contributed by atoms with Crippen molar-refractivity contribution in [3.8, 4) is 5.75 Å². The second-order valence-electron chi connectivity index (χ2n) is 5.50. The summed E-state index contributed by atoms with van der Waals surface area (Å²) in [4.78, 5) is 24.7. The van der Waals surface area contributed by atoms with Crippen LogP contribution >= 0.6 is 0 Å². The molecule has 7 heteroatoms. The number of ether oxygens (including phenoxy) is 1. The van der Waals surface area contributed by atoms with E-state index < -0.39 is 24.4 Å². The van der Waals surface area contributed by atoms with Crippen LogP contribution in [0, 0.1) is 5.92 Å². The minimum absolute atomic E-state index is 0.0333. The van der Waals surface area contributed by atoms with Gasteiger partial charge in [-0.2, -0.15) is 8.78 Å². The van der Waals surface area contributed by atoms with Crippen molar-refractivity contribution in [2.75, 3.05) is 13.6 Å². The molecule has 1 N–H and O–H groups in total. The van der Waals surface area contributed by atoms with Gasteiger partial charge in [0, 0.05) is 13.6 Å². The summed E-state index contributed by atoms with van der Waals surface area (Å²) in [5, 5.41) is 10.3. The average Bonchev–Trinajstić information content (AvgIpc) is 2.52. The largest absolute Gasteiger partial charge is 0.481 e. The van der Waals surface area contributed by atoms with Crippen LogP contribution in [-0.2, 0) is 4.79 Å². The molecule has 2 rings (SSSR count). The van der Waals surface area contributed by atoms with Gasteiger partial charge < -0.3 is 14.7 Å². The lowest BCUT2D eigenvalue weighted by atomic mass is 10.0. The molecular weight excluding hydrogens is 320 g/mol. The van der Waals surface area contributed by atoms with Gasteiger partial charge in [-0.05, 0) is 22.9 Å². The van der Waals surface area contributed by atoms with Crippen LogP contribution in [0.2, 0.25) is 0 Å². The summed E-state index contributed by atoms with van der Waals surface area (Å²) in [6.07, 6.45) is 0. The van der Waals surface area contributed by atoms with E-state index in [1.807, 2.05) is 0 Å².